The third-order valence-electron chi connectivity index (χ3n) is 15.0. The van der Waals surface area contributed by atoms with Gasteiger partial charge in [0.25, 0.3) is 17.7 Å². The highest BCUT2D eigenvalue weighted by atomic mass is 32.1. The monoisotopic (exact) mass is 1340 g/mol. The number of aliphatic imine (C=N–C) groups is 1. The maximum atomic E-state index is 14.2. The van der Waals surface area contributed by atoms with E-state index in [0.29, 0.717) is 78.3 Å². The lowest BCUT2D eigenvalue weighted by Gasteiger charge is -2.23. The number of carboxylic acids is 1. The number of carbonyl (C=O) groups excluding carboxylic acids is 8. The van der Waals surface area contributed by atoms with E-state index in [4.69, 9.17) is 35.4 Å². The summed E-state index contributed by atoms with van der Waals surface area (Å²) in [6.07, 6.45) is -0.442. The molecule has 1 aromatic carbocycles. The van der Waals surface area contributed by atoms with Crippen molar-refractivity contribution in [2.45, 2.75) is 95.6 Å². The minimum Gasteiger partial charge on any atom is -0.480 e. The SMILES string of the molecule is C=C(CC(=O)C1CCCN1C(=O)C1=NC(c2csc(-c3ccc4c(n3)-c3csc(n3)-c3csc(n3)C(Cc3ccccc3)NC(=O)CNC(=O)c3csc(n3)C(C(C)C)CC(=O)c3csc(n3)C(CC(N)=O)NC(=O)c3csc-4n3)n2)OC1)C(=O)NC(C)C(=O)O. The number of nitrogens with one attached hydrogen (secondary N) is 4. The maximum absolute atomic E-state index is 14.2. The molecule has 8 aromatic rings. The number of amides is 6. The number of pyridine rings is 1. The molecule has 1 saturated heterocycles. The summed E-state index contributed by atoms with van der Waals surface area (Å²) in [7, 11) is 0. The molecule has 10 heterocycles. The number of rotatable bonds is 14. The lowest BCUT2D eigenvalue weighted by atomic mass is 9.90. The number of fused-ring (bicyclic) bond motifs is 14. The van der Waals surface area contributed by atoms with Crippen molar-refractivity contribution >= 4 is 127 Å². The van der Waals surface area contributed by atoms with E-state index in [9.17, 15) is 48.3 Å². The van der Waals surface area contributed by atoms with Crippen molar-refractivity contribution in [2.75, 3.05) is 19.7 Å². The molecule has 0 radical (unpaired) electrons. The largest absolute Gasteiger partial charge is 0.480 e. The van der Waals surface area contributed by atoms with Crippen LogP contribution in [0.15, 0.2) is 91.9 Å². The number of hydrogen-bond donors (Lipinski definition) is 6. The second-order valence-electron chi connectivity index (χ2n) is 21.8. The van der Waals surface area contributed by atoms with Crippen LogP contribution in [0.25, 0.3) is 43.4 Å². The highest BCUT2D eigenvalue weighted by molar-refractivity contribution is 7.15. The van der Waals surface area contributed by atoms with E-state index in [1.165, 1.54) is 68.5 Å². The predicted molar refractivity (Wildman–Crippen MR) is 342 cm³/mol. The standard InChI is InChI=1S/C60H56N14O11S6/c1-27(2)32-17-44(75)37-21-88-57(68-37)35(18-46(61)77)66-51(81)40-24-86-53(71-40)31-12-13-33(55-72-41(25-90-55)52-67-36(20-85-52)59(82)74-14-8-11-43(74)45(76)15-28(3)49(79)63-29(4)60(83)84)65-48(31)38-22-89-58(69-38)42-26-91-56(73-42)34(16-30-9-6-5-7-10-30)64-47(78)19-62-50(80)39-23-87-54(32)70-39/h5-7,9-10,12-13,21-27,29,32,34-35,43,52H,3,8,11,14-20H2,1-2,4H3,(H2,61,77)(H,62,80)(H,63,79)(H,64,78)(H,66,81)(H,83,84). The molecular weight excluding hydrogens is 1290 g/mol. The molecule has 31 heteroatoms. The Balaban J connectivity index is 0.897. The quantitative estimate of drug-likeness (QED) is 0.0572. The molecule has 91 heavy (non-hydrogen) atoms. The number of primary amides is 1. The zero-order chi connectivity index (χ0) is 64.2. The molecular formula is C60H56N14O11S6. The minimum atomic E-state index is -1.25. The fourth-order valence-corrected chi connectivity index (χ4v) is 15.4. The van der Waals surface area contributed by atoms with Crippen LogP contribution in [0.5, 0.6) is 0 Å². The number of aliphatic carboxylic acids is 1. The number of hydrogen-bond acceptors (Lipinski definition) is 24. The molecule has 3 aliphatic heterocycles. The molecule has 7 aromatic heterocycles. The van der Waals surface area contributed by atoms with E-state index in [1.807, 2.05) is 54.9 Å². The summed E-state index contributed by atoms with van der Waals surface area (Å²) in [6, 6.07) is 9.44. The van der Waals surface area contributed by atoms with Crippen LogP contribution in [0.1, 0.15) is 135 Å². The lowest BCUT2D eigenvalue weighted by Crippen LogP contribution is -2.45. The molecule has 11 rings (SSSR count). The Morgan fingerprint density at radius 3 is 2.16 bits per heavy atom. The first kappa shape index (κ1) is 63.7. The Bertz CT molecular complexity index is 4200. The van der Waals surface area contributed by atoms with Crippen LogP contribution in [0.4, 0.5) is 0 Å². The molecule has 7 N–H and O–H groups in total. The number of ketones is 2. The third-order valence-corrected chi connectivity index (χ3v) is 20.5. The van der Waals surface area contributed by atoms with Gasteiger partial charge in [0.15, 0.2) is 17.8 Å². The van der Waals surface area contributed by atoms with Crippen LogP contribution in [0, 0.1) is 5.92 Å². The molecule has 6 amide bonds. The van der Waals surface area contributed by atoms with Crippen LogP contribution >= 0.6 is 68.0 Å². The average Bonchev–Trinajstić information content (AvgIpc) is 1.73. The van der Waals surface area contributed by atoms with Gasteiger partial charge in [0.05, 0.1) is 48.4 Å². The van der Waals surface area contributed by atoms with Crippen molar-refractivity contribution in [2.24, 2.45) is 16.6 Å². The number of likely N-dealkylation sites (tertiary alicyclic amines) is 1. The number of aromatic nitrogens is 7. The summed E-state index contributed by atoms with van der Waals surface area (Å²) in [5.41, 5.74) is 9.42. The summed E-state index contributed by atoms with van der Waals surface area (Å²) in [5.74, 6) is -6.16. The first-order valence-electron chi connectivity index (χ1n) is 28.5. The van der Waals surface area contributed by atoms with Crippen molar-refractivity contribution in [1.29, 1.82) is 0 Å². The van der Waals surface area contributed by atoms with Gasteiger partial charge < -0.3 is 41.7 Å². The van der Waals surface area contributed by atoms with E-state index >= 15 is 0 Å². The summed E-state index contributed by atoms with van der Waals surface area (Å²) in [4.78, 5) is 159. The second kappa shape index (κ2) is 27.7. The van der Waals surface area contributed by atoms with Gasteiger partial charge in [0.2, 0.25) is 17.7 Å². The van der Waals surface area contributed by atoms with Gasteiger partial charge in [-0.15, -0.1) is 68.0 Å². The summed E-state index contributed by atoms with van der Waals surface area (Å²) in [6.45, 7) is 8.58. The van der Waals surface area contributed by atoms with E-state index in [1.54, 1.807) is 33.7 Å². The predicted octanol–water partition coefficient (Wildman–Crippen LogP) is 7.56. The molecule has 6 atom stereocenters. The smallest absolute Gasteiger partial charge is 0.325 e. The Morgan fingerprint density at radius 2 is 1.40 bits per heavy atom. The highest BCUT2D eigenvalue weighted by Crippen LogP contribution is 2.40. The van der Waals surface area contributed by atoms with Gasteiger partial charge in [-0.2, -0.15) is 0 Å². The Hall–Kier alpha value is -8.85. The number of nitrogens with zero attached hydrogens (tertiary/aromatic N) is 9. The summed E-state index contributed by atoms with van der Waals surface area (Å²) in [5, 5.41) is 33.0. The minimum absolute atomic E-state index is 0.00878. The molecule has 0 spiro atoms. The van der Waals surface area contributed by atoms with Gasteiger partial charge in [-0.3, -0.25) is 43.2 Å². The Labute approximate surface area is 542 Å². The molecule has 468 valence electrons. The van der Waals surface area contributed by atoms with Crippen molar-refractivity contribution < 1.29 is 53.0 Å². The average molecular weight is 1340 g/mol. The second-order valence-corrected chi connectivity index (χ2v) is 27.0. The highest BCUT2D eigenvalue weighted by Gasteiger charge is 2.39. The Morgan fingerprint density at radius 1 is 0.736 bits per heavy atom. The zero-order valence-electron chi connectivity index (χ0n) is 48.7. The van der Waals surface area contributed by atoms with Gasteiger partial charge in [0.1, 0.15) is 76.6 Å². The maximum Gasteiger partial charge on any atom is 0.325 e. The zero-order valence-corrected chi connectivity index (χ0v) is 53.6. The first-order valence-corrected chi connectivity index (χ1v) is 33.7. The van der Waals surface area contributed by atoms with Crippen molar-refractivity contribution in [3.63, 3.8) is 0 Å². The lowest BCUT2D eigenvalue weighted by molar-refractivity contribution is -0.140. The molecule has 0 aliphatic carbocycles. The molecule has 10 bridgehead atoms. The Kier molecular flexibility index (Phi) is 19.4. The normalized spacial score (nSPS) is 19.2. The third kappa shape index (κ3) is 14.7. The van der Waals surface area contributed by atoms with Gasteiger partial charge >= 0.3 is 5.97 Å². The van der Waals surface area contributed by atoms with Crippen LogP contribution in [0.2, 0.25) is 0 Å². The van der Waals surface area contributed by atoms with E-state index in [2.05, 4.69) is 42.8 Å². The van der Waals surface area contributed by atoms with Crippen LogP contribution in [-0.2, 0) is 39.9 Å². The molecule has 25 nitrogen and oxygen atoms in total. The number of thiazole rings is 6. The van der Waals surface area contributed by atoms with Gasteiger partial charge in [0, 0.05) is 68.7 Å². The number of carbonyl (C=O) groups is 9. The topological polar surface area (TPSA) is 363 Å². The molecule has 3 aliphatic rings. The van der Waals surface area contributed by atoms with Crippen molar-refractivity contribution in [3.8, 4) is 43.4 Å². The van der Waals surface area contributed by atoms with Crippen LogP contribution in [-0.4, -0.2) is 135 Å². The fourth-order valence-electron chi connectivity index (χ4n) is 10.2. The first-order chi connectivity index (χ1) is 43.7. The van der Waals surface area contributed by atoms with Gasteiger partial charge in [-0.05, 0) is 49.8 Å². The number of ether oxygens (including phenoxy) is 1. The number of Topliss-reactive ketones (excluding diaryl/α,β-unsaturated/α-hetero) is 2. The van der Waals surface area contributed by atoms with E-state index in [0.717, 1.165) is 16.9 Å². The fraction of sp³-hybridized carbons (Fsp3) is 0.317. The van der Waals surface area contributed by atoms with Crippen LogP contribution in [0.3, 0.4) is 0 Å². The molecule has 1 fully saturated rings. The number of nitrogens with two attached hydrogens (primary N) is 1. The van der Waals surface area contributed by atoms with Gasteiger partial charge in [-0.25, -0.2) is 39.9 Å². The summed E-state index contributed by atoms with van der Waals surface area (Å²) < 4.78 is 6.00. The van der Waals surface area contributed by atoms with Crippen LogP contribution < -0.4 is 27.0 Å². The molecule has 6 unspecified atom stereocenters. The number of carboxylic acid groups (broad SMARTS) is 1. The van der Waals surface area contributed by atoms with E-state index < -0.39 is 83.5 Å². The van der Waals surface area contributed by atoms with Crippen molar-refractivity contribution in [3.05, 3.63) is 130 Å². The number of benzene rings is 1. The summed E-state index contributed by atoms with van der Waals surface area (Å²) >= 11 is 7.36. The van der Waals surface area contributed by atoms with Gasteiger partial charge in [-0.1, -0.05) is 50.8 Å². The molecule has 0 saturated carbocycles. The van der Waals surface area contributed by atoms with E-state index in [-0.39, 0.29) is 84.0 Å². The van der Waals surface area contributed by atoms with Crippen molar-refractivity contribution in [1.82, 2.24) is 61.1 Å².